The average Bonchev–Trinajstić information content (AvgIpc) is 3.12. The number of rotatable bonds is 6. The molecule has 1 aromatic heterocycles. The third kappa shape index (κ3) is 5.41. The predicted octanol–water partition coefficient (Wildman–Crippen LogP) is 4.89. The summed E-state index contributed by atoms with van der Waals surface area (Å²) in [6, 6.07) is 13.7. The Morgan fingerprint density at radius 3 is 2.55 bits per heavy atom. The molecule has 4 rings (SSSR count). The summed E-state index contributed by atoms with van der Waals surface area (Å²) in [7, 11) is 0. The van der Waals surface area contributed by atoms with Crippen LogP contribution in [0.15, 0.2) is 47.6 Å². The number of anilines is 1. The van der Waals surface area contributed by atoms with Crippen molar-refractivity contribution in [2.24, 2.45) is 11.8 Å². The lowest BCUT2D eigenvalue weighted by Crippen LogP contribution is -2.44. The lowest BCUT2D eigenvalue weighted by atomic mass is 9.92. The molecule has 2 unspecified atom stereocenters. The molecule has 0 radical (unpaired) electrons. The van der Waals surface area contributed by atoms with Gasteiger partial charge in [-0.3, -0.25) is 9.59 Å². The monoisotopic (exact) mass is 464 g/mol. The van der Waals surface area contributed by atoms with Crippen LogP contribution >= 0.6 is 11.8 Å². The van der Waals surface area contributed by atoms with Gasteiger partial charge in [0, 0.05) is 18.8 Å². The number of amides is 2. The smallest absolute Gasteiger partial charge is 0.242 e. The Kier molecular flexibility index (Phi) is 7.08. The molecule has 2 heterocycles. The fourth-order valence-electron chi connectivity index (χ4n) is 4.62. The van der Waals surface area contributed by atoms with Crippen LogP contribution in [0.25, 0.3) is 11.0 Å². The minimum atomic E-state index is -0.0858. The van der Waals surface area contributed by atoms with Crippen LogP contribution in [0.5, 0.6) is 0 Å². The van der Waals surface area contributed by atoms with E-state index in [4.69, 9.17) is 4.98 Å². The van der Waals surface area contributed by atoms with Crippen molar-refractivity contribution >= 4 is 40.3 Å². The van der Waals surface area contributed by atoms with Crippen molar-refractivity contribution in [3.8, 4) is 0 Å². The van der Waals surface area contributed by atoms with E-state index < -0.39 is 0 Å². The van der Waals surface area contributed by atoms with Crippen LogP contribution in [-0.2, 0) is 16.1 Å². The van der Waals surface area contributed by atoms with Gasteiger partial charge in [0.1, 0.15) is 6.54 Å². The molecular weight excluding hydrogens is 432 g/mol. The number of thioether (sulfide) groups is 1. The summed E-state index contributed by atoms with van der Waals surface area (Å²) in [6.07, 6.45) is 1.16. The van der Waals surface area contributed by atoms with Crippen molar-refractivity contribution in [3.05, 3.63) is 53.6 Å². The van der Waals surface area contributed by atoms with Gasteiger partial charge in [-0.15, -0.1) is 0 Å². The van der Waals surface area contributed by atoms with Crippen molar-refractivity contribution in [3.63, 3.8) is 0 Å². The van der Waals surface area contributed by atoms with Gasteiger partial charge in [-0.05, 0) is 61.4 Å². The van der Waals surface area contributed by atoms with Crippen LogP contribution in [-0.4, -0.2) is 45.1 Å². The summed E-state index contributed by atoms with van der Waals surface area (Å²) in [5.41, 5.74) is 4.79. The van der Waals surface area contributed by atoms with Gasteiger partial charge in [0.2, 0.25) is 11.8 Å². The molecule has 1 aliphatic rings. The van der Waals surface area contributed by atoms with E-state index in [1.807, 2.05) is 65.8 Å². The van der Waals surface area contributed by atoms with E-state index in [1.54, 1.807) is 0 Å². The van der Waals surface area contributed by atoms with E-state index in [0.717, 1.165) is 47.4 Å². The summed E-state index contributed by atoms with van der Waals surface area (Å²) in [4.78, 5) is 32.6. The summed E-state index contributed by atoms with van der Waals surface area (Å²) in [5, 5.41) is 3.70. The highest BCUT2D eigenvalue weighted by atomic mass is 32.2. The molecule has 174 valence electrons. The maximum absolute atomic E-state index is 13.2. The first-order valence-corrected chi connectivity index (χ1v) is 12.5. The van der Waals surface area contributed by atoms with Crippen molar-refractivity contribution in [2.45, 2.75) is 45.8 Å². The lowest BCUT2D eigenvalue weighted by molar-refractivity contribution is -0.134. The number of aryl methyl sites for hydroxylation is 1. The topological polar surface area (TPSA) is 67.2 Å². The first-order chi connectivity index (χ1) is 15.8. The molecule has 0 aliphatic carbocycles. The number of piperidine rings is 1. The number of carbonyl (C=O) groups is 2. The zero-order valence-corrected chi connectivity index (χ0v) is 20.6. The SMILES string of the molecule is Cc1cccc(NC(=O)CSc2nc3ccccc3n2CC(=O)N2CC(C)CC(C)C2)c1C. The zero-order chi connectivity index (χ0) is 23.5. The first kappa shape index (κ1) is 23.4. The highest BCUT2D eigenvalue weighted by Crippen LogP contribution is 2.26. The van der Waals surface area contributed by atoms with Gasteiger partial charge in [0.15, 0.2) is 5.16 Å². The molecule has 2 amide bonds. The number of benzene rings is 2. The van der Waals surface area contributed by atoms with E-state index in [0.29, 0.717) is 17.0 Å². The second-order valence-electron chi connectivity index (χ2n) is 9.30. The summed E-state index contributed by atoms with van der Waals surface area (Å²) < 4.78 is 1.96. The van der Waals surface area contributed by atoms with Crippen LogP contribution in [0.4, 0.5) is 5.69 Å². The number of hydrogen-bond acceptors (Lipinski definition) is 4. The largest absolute Gasteiger partial charge is 0.341 e. The highest BCUT2D eigenvalue weighted by Gasteiger charge is 2.26. The highest BCUT2D eigenvalue weighted by molar-refractivity contribution is 7.99. The van der Waals surface area contributed by atoms with Gasteiger partial charge in [0.05, 0.1) is 16.8 Å². The fraction of sp³-hybridized carbons (Fsp3) is 0.423. The maximum atomic E-state index is 13.2. The molecule has 2 aromatic carbocycles. The number of nitrogens with one attached hydrogen (secondary N) is 1. The number of hydrogen-bond donors (Lipinski definition) is 1. The second-order valence-corrected chi connectivity index (χ2v) is 10.2. The Morgan fingerprint density at radius 1 is 1.06 bits per heavy atom. The van der Waals surface area contributed by atoms with Gasteiger partial charge >= 0.3 is 0 Å². The molecular formula is C26H32N4O2S. The molecule has 1 fully saturated rings. The van der Waals surface area contributed by atoms with E-state index >= 15 is 0 Å². The molecule has 6 nitrogen and oxygen atoms in total. The standard InChI is InChI=1S/C26H32N4O2S/c1-17-12-18(2)14-29(13-17)25(32)15-30-23-11-6-5-9-22(23)28-26(30)33-16-24(31)27-21-10-7-8-19(3)20(21)4/h5-11,17-18H,12-16H2,1-4H3,(H,27,31). The molecule has 2 atom stereocenters. The van der Waals surface area contributed by atoms with Gasteiger partial charge in [-0.25, -0.2) is 4.98 Å². The molecule has 7 heteroatoms. The maximum Gasteiger partial charge on any atom is 0.242 e. The second kappa shape index (κ2) is 10.00. The molecule has 1 N–H and O–H groups in total. The Hall–Kier alpha value is -2.80. The molecule has 33 heavy (non-hydrogen) atoms. The van der Waals surface area contributed by atoms with Gasteiger partial charge < -0.3 is 14.8 Å². The summed E-state index contributed by atoms with van der Waals surface area (Å²) in [6.45, 7) is 10.3. The van der Waals surface area contributed by atoms with Crippen LogP contribution in [0, 0.1) is 25.7 Å². The van der Waals surface area contributed by atoms with E-state index in [2.05, 4.69) is 19.2 Å². The predicted molar refractivity (Wildman–Crippen MR) is 135 cm³/mol. The number of imidazole rings is 1. The van der Waals surface area contributed by atoms with E-state index in [9.17, 15) is 9.59 Å². The zero-order valence-electron chi connectivity index (χ0n) is 19.8. The number of para-hydroxylation sites is 2. The molecule has 0 saturated carbocycles. The summed E-state index contributed by atoms with van der Waals surface area (Å²) in [5.74, 6) is 1.28. The number of likely N-dealkylation sites (tertiary alicyclic amines) is 1. The lowest BCUT2D eigenvalue weighted by Gasteiger charge is -2.35. The normalized spacial score (nSPS) is 18.5. The third-order valence-electron chi connectivity index (χ3n) is 6.35. The molecule has 0 spiro atoms. The number of carbonyl (C=O) groups excluding carboxylic acids is 2. The van der Waals surface area contributed by atoms with Gasteiger partial charge in [-0.1, -0.05) is 49.9 Å². The third-order valence-corrected chi connectivity index (χ3v) is 7.32. The number of aromatic nitrogens is 2. The number of fused-ring (bicyclic) bond motifs is 1. The van der Waals surface area contributed by atoms with Crippen LogP contribution in [0.2, 0.25) is 0 Å². The van der Waals surface area contributed by atoms with Crippen molar-refractivity contribution < 1.29 is 9.59 Å². The van der Waals surface area contributed by atoms with Crippen LogP contribution in [0.3, 0.4) is 0 Å². The van der Waals surface area contributed by atoms with E-state index in [-0.39, 0.29) is 24.1 Å². The quantitative estimate of drug-likeness (QED) is 0.528. The Labute approximate surface area is 199 Å². The minimum absolute atomic E-state index is 0.0858. The molecule has 1 aliphatic heterocycles. The molecule has 3 aromatic rings. The van der Waals surface area contributed by atoms with Crippen LogP contribution < -0.4 is 5.32 Å². The van der Waals surface area contributed by atoms with Crippen molar-refractivity contribution in [2.75, 3.05) is 24.2 Å². The fourth-order valence-corrected chi connectivity index (χ4v) is 5.44. The van der Waals surface area contributed by atoms with Gasteiger partial charge in [-0.2, -0.15) is 0 Å². The van der Waals surface area contributed by atoms with Crippen molar-refractivity contribution in [1.82, 2.24) is 14.5 Å². The number of nitrogens with zero attached hydrogens (tertiary/aromatic N) is 3. The Bertz CT molecular complexity index is 1160. The first-order valence-electron chi connectivity index (χ1n) is 11.5. The van der Waals surface area contributed by atoms with Crippen LogP contribution in [0.1, 0.15) is 31.4 Å². The van der Waals surface area contributed by atoms with Crippen molar-refractivity contribution in [1.29, 1.82) is 0 Å². The Morgan fingerprint density at radius 2 is 1.79 bits per heavy atom. The van der Waals surface area contributed by atoms with Gasteiger partial charge in [0.25, 0.3) is 0 Å². The average molecular weight is 465 g/mol. The van der Waals surface area contributed by atoms with E-state index in [1.165, 1.54) is 11.8 Å². The Balaban J connectivity index is 1.49. The molecule has 0 bridgehead atoms. The minimum Gasteiger partial charge on any atom is -0.341 e. The summed E-state index contributed by atoms with van der Waals surface area (Å²) >= 11 is 1.37. The molecule has 1 saturated heterocycles.